The van der Waals surface area contributed by atoms with E-state index in [-0.39, 0.29) is 47.2 Å². The number of halogens is 14. The van der Waals surface area contributed by atoms with E-state index in [2.05, 4.69) is 85.7 Å². The predicted octanol–water partition coefficient (Wildman–Crippen LogP) is 16.6. The zero-order valence-electron chi connectivity index (χ0n) is 33.5. The Labute approximate surface area is 355 Å². The molecule has 0 unspecified atom stereocenters. The summed E-state index contributed by atoms with van der Waals surface area (Å²) in [6, 6.07) is 22.0. The quantitative estimate of drug-likeness (QED) is 0.120. The maximum absolute atomic E-state index is 13.1. The van der Waals surface area contributed by atoms with Crippen LogP contribution in [0.25, 0.3) is 21.5 Å². The number of hydrogen-bond donors (Lipinski definition) is 0. The van der Waals surface area contributed by atoms with Gasteiger partial charge in [-0.05, 0) is 24.7 Å². The molecule has 15 heteroatoms. The van der Waals surface area contributed by atoms with Gasteiger partial charge in [-0.3, -0.25) is 0 Å². The van der Waals surface area contributed by atoms with Crippen molar-refractivity contribution in [2.24, 2.45) is 0 Å². The van der Waals surface area contributed by atoms with Gasteiger partial charge in [0, 0.05) is 0 Å². The van der Waals surface area contributed by atoms with Gasteiger partial charge in [0.2, 0.25) is 0 Å². The number of aryl methyl sites for hydroxylation is 2. The first-order valence-corrected chi connectivity index (χ1v) is 25.7. The molecule has 60 heavy (non-hydrogen) atoms. The summed E-state index contributed by atoms with van der Waals surface area (Å²) in [6.45, 7) is 18.3. The van der Waals surface area contributed by atoms with Crippen LogP contribution in [0.5, 0.6) is 0 Å². The van der Waals surface area contributed by atoms with Crippen molar-refractivity contribution in [2.45, 2.75) is 90.9 Å². The van der Waals surface area contributed by atoms with E-state index in [1.807, 2.05) is 30.3 Å². The molecule has 0 atom stereocenters. The molecular weight excluding hydrogens is 931 g/mol. The van der Waals surface area contributed by atoms with Crippen LogP contribution in [0.1, 0.15) is 97.2 Å². The molecule has 0 nitrogen and oxygen atoms in total. The molecule has 6 rings (SSSR count). The van der Waals surface area contributed by atoms with Crippen molar-refractivity contribution in [2.75, 3.05) is 0 Å². The van der Waals surface area contributed by atoms with Crippen LogP contribution in [0.2, 0.25) is 0 Å². The fourth-order valence-electron chi connectivity index (χ4n) is 6.85. The molecule has 0 saturated heterocycles. The van der Waals surface area contributed by atoms with Crippen molar-refractivity contribution in [1.29, 1.82) is 0 Å². The number of rotatable bonds is 2. The Bertz CT molecular complexity index is 2240. The Morgan fingerprint density at radius 1 is 0.467 bits per heavy atom. The molecule has 0 fully saturated rings. The maximum atomic E-state index is 13.1. The van der Waals surface area contributed by atoms with Crippen LogP contribution in [0.15, 0.2) is 97.1 Å². The summed E-state index contributed by atoms with van der Waals surface area (Å²) in [5, 5.41) is 5.55. The molecule has 324 valence electrons. The number of alkyl halides is 12. The Morgan fingerprint density at radius 2 is 0.767 bits per heavy atom. The summed E-state index contributed by atoms with van der Waals surface area (Å²) < 4.78 is 157. The van der Waals surface area contributed by atoms with Gasteiger partial charge in [-0.25, -0.2) is 12.1 Å². The van der Waals surface area contributed by atoms with Crippen molar-refractivity contribution in [3.63, 3.8) is 0 Å². The SMILES string of the molecule is Cc1cc2[cH-]c3cc(C)c(C(C)(C)C)cc3c2cc1C(C)(C)C.FC(F)(F)c1cc([C](c2cc(C(F)(F)F)cc(C(F)(F)F)c2)=[Zr]([Cl])[Cl])cc(C(F)(F)F)c1.c1cc[cH-]c1. The maximum Gasteiger partial charge on any atom is -0.172 e. The molecule has 0 aliphatic carbocycles. The first kappa shape index (κ1) is 49.3. The molecule has 0 radical (unpaired) electrons. The molecule has 0 amide bonds. The average Bonchev–Trinajstić information content (AvgIpc) is 3.77. The zero-order chi connectivity index (χ0) is 45.6. The Kier molecular flexibility index (Phi) is 14.6. The Hall–Kier alpha value is -3.41. The van der Waals surface area contributed by atoms with Crippen LogP contribution in [0.3, 0.4) is 0 Å². The molecular formula is C45H40Cl2F12Zr-2. The smallest absolute Gasteiger partial charge is 0.172 e. The van der Waals surface area contributed by atoms with Crippen LogP contribution >= 0.6 is 17.0 Å². The fourth-order valence-corrected chi connectivity index (χ4v) is 11.2. The number of fused-ring (bicyclic) bond motifs is 3. The molecule has 0 aliphatic heterocycles. The Balaban J connectivity index is 0.000000245. The van der Waals surface area contributed by atoms with Crippen LogP contribution in [0.4, 0.5) is 52.7 Å². The predicted molar refractivity (Wildman–Crippen MR) is 214 cm³/mol. The van der Waals surface area contributed by atoms with Crippen LogP contribution in [-0.4, -0.2) is 3.21 Å². The van der Waals surface area contributed by atoms with Crippen molar-refractivity contribution < 1.29 is 71.6 Å². The van der Waals surface area contributed by atoms with Gasteiger partial charge in [0.05, 0.1) is 0 Å². The second-order valence-electron chi connectivity index (χ2n) is 16.3. The molecule has 0 spiro atoms. The van der Waals surface area contributed by atoms with Gasteiger partial charge < -0.3 is 0 Å². The first-order chi connectivity index (χ1) is 27.2. The first-order valence-electron chi connectivity index (χ1n) is 18.2. The van der Waals surface area contributed by atoms with Gasteiger partial charge in [0.15, 0.2) is 0 Å². The van der Waals surface area contributed by atoms with Crippen molar-refractivity contribution in [3.05, 3.63) is 153 Å². The monoisotopic (exact) mass is 968 g/mol. The van der Waals surface area contributed by atoms with Gasteiger partial charge in [-0.1, -0.05) is 75.9 Å². The zero-order valence-corrected chi connectivity index (χ0v) is 37.5. The van der Waals surface area contributed by atoms with E-state index in [9.17, 15) is 52.7 Å². The summed E-state index contributed by atoms with van der Waals surface area (Å²) >= 11 is -4.29. The van der Waals surface area contributed by atoms with E-state index in [1.165, 1.54) is 43.8 Å². The minimum Gasteiger partial charge on any atom is -0.214 e. The molecule has 6 aromatic rings. The summed E-state index contributed by atoms with van der Waals surface area (Å²) in [7, 11) is 11.6. The minimum absolute atomic E-state index is 0.142. The normalized spacial score (nSPS) is 12.8. The van der Waals surface area contributed by atoms with E-state index in [0.717, 1.165) is 0 Å². The molecule has 6 aromatic carbocycles. The van der Waals surface area contributed by atoms with Crippen LogP contribution in [-0.2, 0) is 54.4 Å². The Morgan fingerprint density at radius 3 is 0.983 bits per heavy atom. The van der Waals surface area contributed by atoms with Gasteiger partial charge in [0.25, 0.3) is 0 Å². The van der Waals surface area contributed by atoms with Crippen molar-refractivity contribution in [3.8, 4) is 0 Å². The topological polar surface area (TPSA) is 0 Å². The standard InChI is InChI=1S/C23H29.C17H6F12.C5H5.2ClH.Zr/c1-14-9-16-11-17-10-15(2)21(23(6,7)8)13-19(17)18(16)12-20(14)22(3,4)5;18-14(19,20)10-2-8(3-11(6-10)15(21,22)23)1-9-4-12(16(24,25)26)7-13(5-9)17(27,28)29;1-2-4-5-3-1;;;/h9-13H,1-8H3;2-7H;1-5H;2*1H;/q-1;;-1;;;+2/p-2. The number of benzene rings is 4. The van der Waals surface area contributed by atoms with Crippen LogP contribution in [0, 0.1) is 13.8 Å². The van der Waals surface area contributed by atoms with E-state index in [4.69, 9.17) is 17.0 Å². The minimum atomic E-state index is -5.31. The van der Waals surface area contributed by atoms with E-state index in [1.54, 1.807) is 0 Å². The van der Waals surface area contributed by atoms with Gasteiger partial charge in [-0.2, -0.15) is 18.2 Å². The van der Waals surface area contributed by atoms with E-state index in [0.29, 0.717) is 0 Å². The average molecular weight is 971 g/mol. The molecule has 0 aliphatic rings. The van der Waals surface area contributed by atoms with Crippen LogP contribution < -0.4 is 0 Å². The van der Waals surface area contributed by atoms with Gasteiger partial charge in [0.1, 0.15) is 0 Å². The van der Waals surface area contributed by atoms with Gasteiger partial charge >= 0.3 is 186 Å². The summed E-state index contributed by atoms with van der Waals surface area (Å²) in [6.07, 6.45) is -21.2. The molecule has 0 aromatic heterocycles. The molecule has 0 N–H and O–H groups in total. The van der Waals surface area contributed by atoms with Gasteiger partial charge in [-0.15, -0.1) is 39.7 Å². The fraction of sp³-hybridized carbons (Fsp3) is 0.311. The summed E-state index contributed by atoms with van der Waals surface area (Å²) in [5.74, 6) is 0. The molecule has 0 bridgehead atoms. The van der Waals surface area contributed by atoms with E-state index < -0.39 is 80.2 Å². The second-order valence-corrected chi connectivity index (χ2v) is 24.5. The van der Waals surface area contributed by atoms with Crippen molar-refractivity contribution >= 4 is 41.8 Å². The number of hydrogen-bond acceptors (Lipinski definition) is 0. The molecule has 0 saturated carbocycles. The van der Waals surface area contributed by atoms with Crippen molar-refractivity contribution in [1.82, 2.24) is 0 Å². The van der Waals surface area contributed by atoms with E-state index >= 15 is 0 Å². The summed E-state index contributed by atoms with van der Waals surface area (Å²) in [5.41, 5.74) is -3.22. The molecule has 0 heterocycles. The second kappa shape index (κ2) is 17.8. The third-order valence-electron chi connectivity index (χ3n) is 9.51. The third kappa shape index (κ3) is 12.2. The largest absolute Gasteiger partial charge is 0.214 e. The summed E-state index contributed by atoms with van der Waals surface area (Å²) in [4.78, 5) is 0. The third-order valence-corrected chi connectivity index (χ3v) is 14.1.